The molecule has 0 spiro atoms. The Bertz CT molecular complexity index is 268. The molecule has 1 aliphatic rings. The highest BCUT2D eigenvalue weighted by Crippen LogP contribution is 2.17. The summed E-state index contributed by atoms with van der Waals surface area (Å²) in [5, 5.41) is 3.32. The molecule has 1 N–H and O–H groups in total. The lowest BCUT2D eigenvalue weighted by atomic mass is 10.0. The molecule has 0 unspecified atom stereocenters. The van der Waals surface area contributed by atoms with Crippen LogP contribution in [0.1, 0.15) is 33.1 Å². The zero-order valence-electron chi connectivity index (χ0n) is 11.8. The number of allylic oxidation sites excluding steroid dienone is 1. The Labute approximate surface area is 114 Å². The number of nitrogens with zero attached hydrogens (tertiary/aromatic N) is 1. The molecule has 1 rings (SSSR count). The Balaban J connectivity index is 2.42. The van der Waals surface area contributed by atoms with Crippen LogP contribution in [0.5, 0.6) is 0 Å². The summed E-state index contributed by atoms with van der Waals surface area (Å²) in [6.07, 6.45) is 0.0661. The molecular weight excluding hydrogens is 253 g/mol. The van der Waals surface area contributed by atoms with Crippen molar-refractivity contribution < 1.29 is 13.2 Å². The summed E-state index contributed by atoms with van der Waals surface area (Å²) in [4.78, 5) is 2.35. The van der Waals surface area contributed by atoms with E-state index in [-0.39, 0.29) is 0 Å². The summed E-state index contributed by atoms with van der Waals surface area (Å²) in [5.41, 5.74) is 0. The Morgan fingerprint density at radius 1 is 1.26 bits per heavy atom. The fourth-order valence-electron chi connectivity index (χ4n) is 2.52. The van der Waals surface area contributed by atoms with Crippen LogP contribution in [0.2, 0.25) is 0 Å². The highest BCUT2D eigenvalue weighted by molar-refractivity contribution is 4.90. The van der Waals surface area contributed by atoms with Crippen LogP contribution >= 0.6 is 0 Å². The number of hydrogen-bond acceptors (Lipinski definition) is 2. The van der Waals surface area contributed by atoms with E-state index < -0.39 is 6.18 Å². The third-order valence-electron chi connectivity index (χ3n) is 3.31. The summed E-state index contributed by atoms with van der Waals surface area (Å²) in [5.74, 6) is 0.543. The van der Waals surface area contributed by atoms with Crippen molar-refractivity contribution in [2.24, 2.45) is 5.92 Å². The van der Waals surface area contributed by atoms with Crippen molar-refractivity contribution >= 4 is 0 Å². The van der Waals surface area contributed by atoms with Gasteiger partial charge >= 0.3 is 6.18 Å². The van der Waals surface area contributed by atoms with Gasteiger partial charge in [0, 0.05) is 25.2 Å². The topological polar surface area (TPSA) is 15.3 Å². The van der Waals surface area contributed by atoms with E-state index in [9.17, 15) is 13.2 Å². The summed E-state index contributed by atoms with van der Waals surface area (Å²) in [6.45, 7) is 8.01. The van der Waals surface area contributed by atoms with Crippen molar-refractivity contribution in [3.05, 3.63) is 12.2 Å². The second-order valence-electron chi connectivity index (χ2n) is 5.60. The largest absolute Gasteiger partial charge is 0.409 e. The van der Waals surface area contributed by atoms with Crippen molar-refractivity contribution in [3.8, 4) is 0 Å². The Morgan fingerprint density at radius 3 is 2.42 bits per heavy atom. The Hall–Kier alpha value is -0.550. The number of hydrogen-bond donors (Lipinski definition) is 1. The maximum Gasteiger partial charge on any atom is 0.409 e. The first-order chi connectivity index (χ1) is 8.88. The van der Waals surface area contributed by atoms with Crippen molar-refractivity contribution in [2.75, 3.05) is 26.2 Å². The second-order valence-corrected chi connectivity index (χ2v) is 5.60. The average molecular weight is 278 g/mol. The van der Waals surface area contributed by atoms with Crippen molar-refractivity contribution in [2.45, 2.75) is 45.3 Å². The SMILES string of the molecule is CC(C)CN(CC/C=C/C(F)(F)F)C1CCNCC1. The van der Waals surface area contributed by atoms with Gasteiger partial charge in [-0.15, -0.1) is 0 Å². The van der Waals surface area contributed by atoms with Gasteiger partial charge in [-0.25, -0.2) is 0 Å². The molecular formula is C14H25F3N2. The predicted octanol–water partition coefficient (Wildman–Crippen LogP) is 3.21. The minimum Gasteiger partial charge on any atom is -0.317 e. The number of rotatable bonds is 6. The van der Waals surface area contributed by atoms with Crippen molar-refractivity contribution in [1.29, 1.82) is 0 Å². The molecule has 1 aliphatic heterocycles. The molecule has 112 valence electrons. The minimum absolute atomic E-state index is 0.350. The molecule has 0 atom stereocenters. The van der Waals surface area contributed by atoms with E-state index in [1.807, 2.05) is 0 Å². The Kier molecular flexibility index (Phi) is 6.86. The van der Waals surface area contributed by atoms with Crippen LogP contribution in [0.4, 0.5) is 13.2 Å². The van der Waals surface area contributed by atoms with Gasteiger partial charge in [0.05, 0.1) is 0 Å². The van der Waals surface area contributed by atoms with E-state index in [2.05, 4.69) is 24.1 Å². The van der Waals surface area contributed by atoms with E-state index in [0.29, 0.717) is 24.5 Å². The first-order valence-electron chi connectivity index (χ1n) is 7.07. The summed E-state index contributed by atoms with van der Waals surface area (Å²) >= 11 is 0. The molecule has 0 aromatic heterocycles. The fourth-order valence-corrected chi connectivity index (χ4v) is 2.52. The summed E-state index contributed by atoms with van der Waals surface area (Å²) < 4.78 is 36.1. The quantitative estimate of drug-likeness (QED) is 0.751. The third-order valence-corrected chi connectivity index (χ3v) is 3.31. The first kappa shape index (κ1) is 16.5. The highest BCUT2D eigenvalue weighted by Gasteiger charge is 2.23. The summed E-state index contributed by atoms with van der Waals surface area (Å²) in [7, 11) is 0. The average Bonchev–Trinajstić information content (AvgIpc) is 2.32. The van der Waals surface area contributed by atoms with E-state index in [1.54, 1.807) is 0 Å². The molecule has 19 heavy (non-hydrogen) atoms. The predicted molar refractivity (Wildman–Crippen MR) is 72.1 cm³/mol. The zero-order valence-corrected chi connectivity index (χ0v) is 11.8. The van der Waals surface area contributed by atoms with Crippen LogP contribution in [0, 0.1) is 5.92 Å². The maximum atomic E-state index is 12.0. The molecule has 2 nitrogen and oxygen atoms in total. The van der Waals surface area contributed by atoms with Crippen molar-refractivity contribution in [1.82, 2.24) is 10.2 Å². The maximum absolute atomic E-state index is 12.0. The monoisotopic (exact) mass is 278 g/mol. The first-order valence-corrected chi connectivity index (χ1v) is 7.07. The molecule has 1 saturated heterocycles. The van der Waals surface area contributed by atoms with Gasteiger partial charge in [0.2, 0.25) is 0 Å². The van der Waals surface area contributed by atoms with Gasteiger partial charge in [-0.05, 0) is 38.3 Å². The van der Waals surface area contributed by atoms with Crippen LogP contribution in [-0.4, -0.2) is 43.3 Å². The minimum atomic E-state index is -4.18. The second kappa shape index (κ2) is 7.90. The van der Waals surface area contributed by atoms with E-state index in [0.717, 1.165) is 39.0 Å². The molecule has 0 aromatic rings. The number of alkyl halides is 3. The number of halogens is 3. The van der Waals surface area contributed by atoms with E-state index >= 15 is 0 Å². The van der Waals surface area contributed by atoms with Crippen LogP contribution in [-0.2, 0) is 0 Å². The Morgan fingerprint density at radius 2 is 1.89 bits per heavy atom. The van der Waals surface area contributed by atoms with Crippen LogP contribution in [0.15, 0.2) is 12.2 Å². The fraction of sp³-hybridized carbons (Fsp3) is 0.857. The lowest BCUT2D eigenvalue weighted by Crippen LogP contribution is -2.44. The molecule has 0 radical (unpaired) electrons. The normalized spacial score (nSPS) is 18.9. The molecule has 0 aromatic carbocycles. The van der Waals surface area contributed by atoms with Gasteiger partial charge in [-0.1, -0.05) is 19.9 Å². The van der Waals surface area contributed by atoms with E-state index in [4.69, 9.17) is 0 Å². The van der Waals surface area contributed by atoms with Crippen LogP contribution < -0.4 is 5.32 Å². The molecule has 1 fully saturated rings. The smallest absolute Gasteiger partial charge is 0.317 e. The molecule has 0 amide bonds. The van der Waals surface area contributed by atoms with Gasteiger partial charge in [-0.2, -0.15) is 13.2 Å². The van der Waals surface area contributed by atoms with Crippen molar-refractivity contribution in [3.63, 3.8) is 0 Å². The number of nitrogens with one attached hydrogen (secondary N) is 1. The molecule has 1 heterocycles. The zero-order chi connectivity index (χ0) is 14.3. The van der Waals surface area contributed by atoms with Gasteiger partial charge in [0.1, 0.15) is 0 Å². The standard InChI is InChI=1S/C14H25F3N2/c1-12(2)11-19(13-5-8-18-9-6-13)10-4-3-7-14(15,16)17/h3,7,12-13,18H,4-6,8-11H2,1-2H3/b7-3+. The summed E-state index contributed by atoms with van der Waals surface area (Å²) in [6, 6.07) is 0.517. The van der Waals surface area contributed by atoms with E-state index in [1.165, 1.54) is 6.08 Å². The lowest BCUT2D eigenvalue weighted by molar-refractivity contribution is -0.0800. The molecule has 5 heteroatoms. The molecule has 0 bridgehead atoms. The van der Waals surface area contributed by atoms with Gasteiger partial charge in [0.15, 0.2) is 0 Å². The third kappa shape index (κ3) is 7.57. The van der Waals surface area contributed by atoms with Gasteiger partial charge in [0.25, 0.3) is 0 Å². The molecule has 0 aliphatic carbocycles. The number of piperidine rings is 1. The van der Waals surface area contributed by atoms with Gasteiger partial charge in [-0.3, -0.25) is 4.90 Å². The molecule has 0 saturated carbocycles. The lowest BCUT2D eigenvalue weighted by Gasteiger charge is -2.35. The van der Waals surface area contributed by atoms with Gasteiger partial charge < -0.3 is 5.32 Å². The van der Waals surface area contributed by atoms with Crippen LogP contribution in [0.25, 0.3) is 0 Å². The van der Waals surface area contributed by atoms with Crippen LogP contribution in [0.3, 0.4) is 0 Å². The highest BCUT2D eigenvalue weighted by atomic mass is 19.4.